The van der Waals surface area contributed by atoms with Crippen molar-refractivity contribution in [2.24, 2.45) is 4.99 Å². The molecule has 0 radical (unpaired) electrons. The minimum Gasteiger partial charge on any atom is -0.497 e. The number of alkyl halides is 2. The number of rotatable bonds is 10. The summed E-state index contributed by atoms with van der Waals surface area (Å²) in [5.74, 6) is 1.29. The molecule has 0 aliphatic carbocycles. The van der Waals surface area contributed by atoms with Gasteiger partial charge in [-0.05, 0) is 38.7 Å². The van der Waals surface area contributed by atoms with Crippen LogP contribution in [-0.2, 0) is 6.54 Å². The highest BCUT2D eigenvalue weighted by molar-refractivity contribution is 14.0. The standard InChI is InChI=1S/C17H28F2N4O2.HI/c1-5-20-17(21-9-10-23(3)6-2)22-12-13-11-14(24-4)7-8-15(13)25-16(18)19;/h7-8,11,16H,5-6,9-10,12H2,1-4H3,(H2,20,21,22);1H. The molecule has 1 rings (SSSR count). The highest BCUT2D eigenvalue weighted by atomic mass is 127. The van der Waals surface area contributed by atoms with Gasteiger partial charge < -0.3 is 25.0 Å². The monoisotopic (exact) mass is 486 g/mol. The molecule has 0 aliphatic heterocycles. The second-order valence-electron chi connectivity index (χ2n) is 5.37. The van der Waals surface area contributed by atoms with Gasteiger partial charge >= 0.3 is 6.61 Å². The average molecular weight is 486 g/mol. The van der Waals surface area contributed by atoms with Crippen LogP contribution in [0, 0.1) is 0 Å². The number of ether oxygens (including phenoxy) is 2. The Morgan fingerprint density at radius 3 is 2.58 bits per heavy atom. The van der Waals surface area contributed by atoms with Crippen LogP contribution in [0.2, 0.25) is 0 Å². The van der Waals surface area contributed by atoms with E-state index < -0.39 is 6.61 Å². The van der Waals surface area contributed by atoms with Crippen LogP contribution in [0.3, 0.4) is 0 Å². The largest absolute Gasteiger partial charge is 0.497 e. The quantitative estimate of drug-likeness (QED) is 0.303. The Kier molecular flexibility index (Phi) is 13.1. The summed E-state index contributed by atoms with van der Waals surface area (Å²) in [5.41, 5.74) is 0.530. The molecule has 0 atom stereocenters. The van der Waals surface area contributed by atoms with E-state index in [1.807, 2.05) is 14.0 Å². The SMILES string of the molecule is CCNC(=NCc1cc(OC)ccc1OC(F)F)NCCN(C)CC.I. The van der Waals surface area contributed by atoms with Crippen molar-refractivity contribution in [3.8, 4) is 11.5 Å². The van der Waals surface area contributed by atoms with Crippen LogP contribution >= 0.6 is 24.0 Å². The van der Waals surface area contributed by atoms with Gasteiger partial charge in [0.25, 0.3) is 0 Å². The molecule has 6 nitrogen and oxygen atoms in total. The summed E-state index contributed by atoms with van der Waals surface area (Å²) in [5, 5.41) is 6.36. The van der Waals surface area contributed by atoms with Crippen LogP contribution in [0.1, 0.15) is 19.4 Å². The number of halogens is 3. The van der Waals surface area contributed by atoms with Gasteiger partial charge in [-0.1, -0.05) is 6.92 Å². The van der Waals surface area contributed by atoms with E-state index in [2.05, 4.69) is 32.2 Å². The molecule has 0 saturated carbocycles. The maximum atomic E-state index is 12.6. The van der Waals surface area contributed by atoms with Gasteiger partial charge in [-0.2, -0.15) is 8.78 Å². The molecule has 0 aliphatic rings. The Labute approximate surface area is 171 Å². The molecule has 2 N–H and O–H groups in total. The molecule has 0 bridgehead atoms. The van der Waals surface area contributed by atoms with Gasteiger partial charge in [0.1, 0.15) is 11.5 Å². The van der Waals surface area contributed by atoms with Crippen LogP contribution in [0.4, 0.5) is 8.78 Å². The van der Waals surface area contributed by atoms with Crippen molar-refractivity contribution in [3.05, 3.63) is 23.8 Å². The second-order valence-corrected chi connectivity index (χ2v) is 5.37. The minimum absolute atomic E-state index is 0. The van der Waals surface area contributed by atoms with E-state index in [1.54, 1.807) is 12.1 Å². The fraction of sp³-hybridized carbons (Fsp3) is 0.588. The molecule has 26 heavy (non-hydrogen) atoms. The normalized spacial score (nSPS) is 11.3. The Morgan fingerprint density at radius 2 is 2.00 bits per heavy atom. The summed E-state index contributed by atoms with van der Waals surface area (Å²) in [4.78, 5) is 6.62. The van der Waals surface area contributed by atoms with Crippen LogP contribution in [0.15, 0.2) is 23.2 Å². The first-order valence-corrected chi connectivity index (χ1v) is 8.32. The first-order chi connectivity index (χ1) is 12.0. The number of benzene rings is 1. The summed E-state index contributed by atoms with van der Waals surface area (Å²) in [6.07, 6.45) is 0. The van der Waals surface area contributed by atoms with Gasteiger partial charge in [0, 0.05) is 25.2 Å². The summed E-state index contributed by atoms with van der Waals surface area (Å²) in [6, 6.07) is 4.69. The zero-order valence-electron chi connectivity index (χ0n) is 15.7. The van der Waals surface area contributed by atoms with Gasteiger partial charge in [-0.25, -0.2) is 4.99 Å². The molecule has 0 aromatic heterocycles. The van der Waals surface area contributed by atoms with Crippen molar-refractivity contribution in [2.45, 2.75) is 27.0 Å². The predicted molar refractivity (Wildman–Crippen MR) is 111 cm³/mol. The molecule has 1 aromatic carbocycles. The number of guanidine groups is 1. The number of hydrogen-bond acceptors (Lipinski definition) is 4. The smallest absolute Gasteiger partial charge is 0.387 e. The molecule has 1 aromatic rings. The second kappa shape index (κ2) is 13.8. The predicted octanol–water partition coefficient (Wildman–Crippen LogP) is 2.92. The van der Waals surface area contributed by atoms with Gasteiger partial charge in [0.05, 0.1) is 13.7 Å². The Hall–Kier alpha value is -1.36. The number of nitrogens with one attached hydrogen (secondary N) is 2. The Balaban J connectivity index is 0.00000625. The molecule has 0 saturated heterocycles. The summed E-state index contributed by atoms with van der Waals surface area (Å²) in [7, 11) is 3.56. The number of likely N-dealkylation sites (N-methyl/N-ethyl adjacent to an activating group) is 1. The van der Waals surface area contributed by atoms with E-state index in [4.69, 9.17) is 4.74 Å². The lowest BCUT2D eigenvalue weighted by Crippen LogP contribution is -2.40. The van der Waals surface area contributed by atoms with Crippen molar-refractivity contribution < 1.29 is 18.3 Å². The zero-order chi connectivity index (χ0) is 18.7. The molecule has 0 fully saturated rings. The van der Waals surface area contributed by atoms with Crippen molar-refractivity contribution in [3.63, 3.8) is 0 Å². The van der Waals surface area contributed by atoms with E-state index in [0.29, 0.717) is 23.8 Å². The Bertz CT molecular complexity index is 547. The number of methoxy groups -OCH3 is 1. The summed E-state index contributed by atoms with van der Waals surface area (Å²) >= 11 is 0. The van der Waals surface area contributed by atoms with Gasteiger partial charge in [-0.3, -0.25) is 0 Å². The lowest BCUT2D eigenvalue weighted by atomic mass is 10.2. The fourth-order valence-electron chi connectivity index (χ4n) is 2.05. The van der Waals surface area contributed by atoms with E-state index in [0.717, 1.165) is 19.6 Å². The molecule has 0 spiro atoms. The van der Waals surface area contributed by atoms with E-state index in [1.165, 1.54) is 13.2 Å². The van der Waals surface area contributed by atoms with Crippen LogP contribution in [0.25, 0.3) is 0 Å². The zero-order valence-corrected chi connectivity index (χ0v) is 18.1. The number of aliphatic imine (C=N–C) groups is 1. The van der Waals surface area contributed by atoms with Crippen molar-refractivity contribution in [1.29, 1.82) is 0 Å². The number of nitrogens with zero attached hydrogens (tertiary/aromatic N) is 2. The van der Waals surface area contributed by atoms with Crippen molar-refractivity contribution in [2.75, 3.05) is 40.3 Å². The highest BCUT2D eigenvalue weighted by Gasteiger charge is 2.11. The lowest BCUT2D eigenvalue weighted by Gasteiger charge is -2.16. The first-order valence-electron chi connectivity index (χ1n) is 8.32. The molecule has 150 valence electrons. The minimum atomic E-state index is -2.88. The van der Waals surface area contributed by atoms with Gasteiger partial charge in [-0.15, -0.1) is 24.0 Å². The third-order valence-electron chi connectivity index (χ3n) is 3.56. The molecule has 0 unspecified atom stereocenters. The molecular weight excluding hydrogens is 457 g/mol. The number of hydrogen-bond donors (Lipinski definition) is 2. The van der Waals surface area contributed by atoms with Gasteiger partial charge in [0.15, 0.2) is 5.96 Å². The van der Waals surface area contributed by atoms with Crippen LogP contribution in [0.5, 0.6) is 11.5 Å². The van der Waals surface area contributed by atoms with E-state index >= 15 is 0 Å². The van der Waals surface area contributed by atoms with E-state index in [-0.39, 0.29) is 36.3 Å². The highest BCUT2D eigenvalue weighted by Crippen LogP contribution is 2.26. The molecule has 9 heteroatoms. The topological polar surface area (TPSA) is 58.1 Å². The maximum Gasteiger partial charge on any atom is 0.387 e. The Morgan fingerprint density at radius 1 is 1.27 bits per heavy atom. The van der Waals surface area contributed by atoms with E-state index in [9.17, 15) is 8.78 Å². The van der Waals surface area contributed by atoms with Gasteiger partial charge in [0.2, 0.25) is 0 Å². The summed E-state index contributed by atoms with van der Waals surface area (Å²) in [6.45, 7) is 4.64. The van der Waals surface area contributed by atoms with Crippen LogP contribution in [-0.4, -0.2) is 57.8 Å². The average Bonchev–Trinajstić information content (AvgIpc) is 2.59. The third-order valence-corrected chi connectivity index (χ3v) is 3.56. The van der Waals surface area contributed by atoms with Crippen molar-refractivity contribution >= 4 is 29.9 Å². The lowest BCUT2D eigenvalue weighted by molar-refractivity contribution is -0.0504. The molecule has 0 amide bonds. The van der Waals surface area contributed by atoms with Crippen LogP contribution < -0.4 is 20.1 Å². The van der Waals surface area contributed by atoms with Crippen molar-refractivity contribution in [1.82, 2.24) is 15.5 Å². The fourth-order valence-corrected chi connectivity index (χ4v) is 2.05. The first kappa shape index (κ1) is 24.6. The molecular formula is C17H29F2IN4O2. The maximum absolute atomic E-state index is 12.6. The third kappa shape index (κ3) is 9.37. The summed E-state index contributed by atoms with van der Waals surface area (Å²) < 4.78 is 34.8. The molecule has 0 heterocycles.